The first-order valence-electron chi connectivity index (χ1n) is 8.66. The first-order chi connectivity index (χ1) is 13.1. The van der Waals surface area contributed by atoms with Gasteiger partial charge in [0.25, 0.3) is 0 Å². The molecule has 0 aliphatic heterocycles. The molecule has 27 heavy (non-hydrogen) atoms. The number of nitrogens with two attached hydrogens (primary N) is 1. The van der Waals surface area contributed by atoms with Crippen LogP contribution in [0.4, 0.5) is 5.82 Å². The fourth-order valence-electron chi connectivity index (χ4n) is 2.86. The zero-order valence-electron chi connectivity index (χ0n) is 14.8. The molecule has 4 rings (SSSR count). The number of anilines is 1. The number of rotatable bonds is 5. The van der Waals surface area contributed by atoms with Crippen LogP contribution in [0.1, 0.15) is 16.5 Å². The molecule has 2 aromatic carbocycles. The lowest BCUT2D eigenvalue weighted by atomic mass is 10.1. The lowest BCUT2D eigenvalue weighted by Gasteiger charge is -2.12. The molecule has 0 spiro atoms. The molecule has 1 atom stereocenters. The molecule has 0 amide bonds. The summed E-state index contributed by atoms with van der Waals surface area (Å²) in [5.41, 5.74) is 9.21. The second kappa shape index (κ2) is 7.64. The summed E-state index contributed by atoms with van der Waals surface area (Å²) in [6, 6.07) is 18.2. The molecule has 2 aromatic heterocycles. The van der Waals surface area contributed by atoms with Crippen LogP contribution >= 0.6 is 22.9 Å². The smallest absolute Gasteiger partial charge is 0.130 e. The molecule has 2 heterocycles. The Labute approximate surface area is 167 Å². The highest BCUT2D eigenvalue weighted by Crippen LogP contribution is 2.29. The van der Waals surface area contributed by atoms with Crippen LogP contribution in [0, 0.1) is 6.92 Å². The van der Waals surface area contributed by atoms with Gasteiger partial charge in [0.2, 0.25) is 0 Å². The minimum absolute atomic E-state index is 0.102. The zero-order chi connectivity index (χ0) is 18.8. The van der Waals surface area contributed by atoms with E-state index in [1.807, 2.05) is 43.3 Å². The van der Waals surface area contributed by atoms with Gasteiger partial charge in [0, 0.05) is 32.8 Å². The molecule has 6 heteroatoms. The van der Waals surface area contributed by atoms with Crippen molar-refractivity contribution < 1.29 is 0 Å². The van der Waals surface area contributed by atoms with E-state index in [4.69, 9.17) is 17.3 Å². The number of nitrogens with zero attached hydrogens (tertiary/aromatic N) is 2. The van der Waals surface area contributed by atoms with E-state index >= 15 is 0 Å². The summed E-state index contributed by atoms with van der Waals surface area (Å²) in [7, 11) is 0. The quantitative estimate of drug-likeness (QED) is 0.473. The highest BCUT2D eigenvalue weighted by atomic mass is 35.5. The topological polar surface area (TPSA) is 63.8 Å². The monoisotopic (exact) mass is 394 g/mol. The number of hydrogen-bond acceptors (Lipinski definition) is 5. The zero-order valence-corrected chi connectivity index (χ0v) is 16.4. The van der Waals surface area contributed by atoms with E-state index in [1.165, 1.54) is 10.1 Å². The van der Waals surface area contributed by atoms with Gasteiger partial charge in [-0.3, -0.25) is 0 Å². The number of aryl methyl sites for hydroxylation is 1. The lowest BCUT2D eigenvalue weighted by Crippen LogP contribution is -2.20. The number of hydrogen-bond donors (Lipinski definition) is 2. The van der Waals surface area contributed by atoms with Gasteiger partial charge >= 0.3 is 0 Å². The lowest BCUT2D eigenvalue weighted by molar-refractivity contribution is 0.778. The highest BCUT2D eigenvalue weighted by Gasteiger charge is 2.11. The molecule has 0 saturated heterocycles. The molecule has 0 fully saturated rings. The summed E-state index contributed by atoms with van der Waals surface area (Å²) >= 11 is 7.96. The van der Waals surface area contributed by atoms with Crippen LogP contribution in [0.15, 0.2) is 60.9 Å². The minimum Gasteiger partial charge on any atom is -0.368 e. The standard InChI is InChI=1S/C21H19ClN4S/c1-13-6-7-14(8-16(13)22)18-10-21(26-12-25-18)24-11-17(23)20-9-15-4-2-3-5-19(15)27-20/h2-10,12,17H,11,23H2,1H3,(H,24,25,26)/t17-/m0/s1. The third kappa shape index (κ3) is 3.95. The molecule has 0 saturated carbocycles. The molecule has 0 aliphatic rings. The van der Waals surface area contributed by atoms with Crippen molar-refractivity contribution in [2.45, 2.75) is 13.0 Å². The predicted octanol–water partition coefficient (Wildman–Crippen LogP) is 5.43. The molecule has 3 N–H and O–H groups in total. The third-order valence-electron chi connectivity index (χ3n) is 4.45. The van der Waals surface area contributed by atoms with E-state index in [1.54, 1.807) is 17.7 Å². The SMILES string of the molecule is Cc1ccc(-c2cc(NC[C@H](N)c3cc4ccccc4s3)ncn2)cc1Cl. The first kappa shape index (κ1) is 17.9. The van der Waals surface area contributed by atoms with Crippen molar-refractivity contribution in [3.8, 4) is 11.3 Å². The average Bonchev–Trinajstić information content (AvgIpc) is 3.13. The number of thiophene rings is 1. The van der Waals surface area contributed by atoms with Gasteiger partial charge in [0.1, 0.15) is 12.1 Å². The Bertz CT molecular complexity index is 1060. The Balaban J connectivity index is 1.48. The second-order valence-electron chi connectivity index (χ2n) is 6.43. The molecule has 0 unspecified atom stereocenters. The first-order valence-corrected chi connectivity index (χ1v) is 9.86. The van der Waals surface area contributed by atoms with Crippen molar-refractivity contribution in [1.29, 1.82) is 0 Å². The Morgan fingerprint density at radius 1 is 1.11 bits per heavy atom. The number of benzene rings is 2. The summed E-state index contributed by atoms with van der Waals surface area (Å²) in [5.74, 6) is 0.744. The predicted molar refractivity (Wildman–Crippen MR) is 114 cm³/mol. The largest absolute Gasteiger partial charge is 0.368 e. The van der Waals surface area contributed by atoms with E-state index in [9.17, 15) is 0 Å². The Morgan fingerprint density at radius 2 is 1.96 bits per heavy atom. The van der Waals surface area contributed by atoms with E-state index in [2.05, 4.69) is 33.5 Å². The Morgan fingerprint density at radius 3 is 2.78 bits per heavy atom. The van der Waals surface area contributed by atoms with Crippen LogP contribution < -0.4 is 11.1 Å². The van der Waals surface area contributed by atoms with Crippen molar-refractivity contribution in [2.24, 2.45) is 5.73 Å². The van der Waals surface area contributed by atoms with Gasteiger partial charge in [-0.05, 0) is 36.1 Å². The van der Waals surface area contributed by atoms with Gasteiger partial charge < -0.3 is 11.1 Å². The van der Waals surface area contributed by atoms with Gasteiger partial charge in [-0.2, -0.15) is 0 Å². The number of fused-ring (bicyclic) bond motifs is 1. The molecule has 0 aliphatic carbocycles. The molecular weight excluding hydrogens is 376 g/mol. The minimum atomic E-state index is -0.102. The average molecular weight is 395 g/mol. The summed E-state index contributed by atoms with van der Waals surface area (Å²) in [4.78, 5) is 9.82. The summed E-state index contributed by atoms with van der Waals surface area (Å²) < 4.78 is 1.25. The maximum atomic E-state index is 6.38. The Hall–Kier alpha value is -2.47. The third-order valence-corrected chi connectivity index (χ3v) is 6.10. The van der Waals surface area contributed by atoms with Crippen LogP contribution in [0.2, 0.25) is 5.02 Å². The van der Waals surface area contributed by atoms with Crippen LogP contribution in [0.5, 0.6) is 0 Å². The molecular formula is C21H19ClN4S. The molecule has 4 nitrogen and oxygen atoms in total. The molecule has 136 valence electrons. The molecule has 0 bridgehead atoms. The summed E-state index contributed by atoms with van der Waals surface area (Å²) in [6.45, 7) is 2.58. The van der Waals surface area contributed by atoms with Crippen molar-refractivity contribution in [2.75, 3.05) is 11.9 Å². The van der Waals surface area contributed by atoms with Crippen molar-refractivity contribution >= 4 is 38.8 Å². The molecule has 4 aromatic rings. The van der Waals surface area contributed by atoms with Crippen LogP contribution in [-0.4, -0.2) is 16.5 Å². The molecule has 0 radical (unpaired) electrons. The normalized spacial score (nSPS) is 12.3. The van der Waals surface area contributed by atoms with Crippen molar-refractivity contribution in [3.05, 3.63) is 76.4 Å². The highest BCUT2D eigenvalue weighted by molar-refractivity contribution is 7.19. The van der Waals surface area contributed by atoms with Crippen LogP contribution in [0.3, 0.4) is 0 Å². The van der Waals surface area contributed by atoms with E-state index in [0.29, 0.717) is 6.54 Å². The summed E-state index contributed by atoms with van der Waals surface area (Å²) in [6.07, 6.45) is 1.55. The van der Waals surface area contributed by atoms with E-state index < -0.39 is 0 Å². The fraction of sp³-hybridized carbons (Fsp3) is 0.143. The van der Waals surface area contributed by atoms with E-state index in [0.717, 1.165) is 32.5 Å². The van der Waals surface area contributed by atoms with Crippen molar-refractivity contribution in [3.63, 3.8) is 0 Å². The van der Waals surface area contributed by atoms with Gasteiger partial charge in [0.05, 0.1) is 11.7 Å². The fourth-order valence-corrected chi connectivity index (χ4v) is 4.11. The number of nitrogens with one attached hydrogen (secondary N) is 1. The van der Waals surface area contributed by atoms with Gasteiger partial charge in [-0.25, -0.2) is 9.97 Å². The van der Waals surface area contributed by atoms with Gasteiger partial charge in [-0.15, -0.1) is 11.3 Å². The maximum absolute atomic E-state index is 6.38. The Kier molecular flexibility index (Phi) is 5.07. The van der Waals surface area contributed by atoms with Gasteiger partial charge in [-0.1, -0.05) is 41.9 Å². The number of aromatic nitrogens is 2. The second-order valence-corrected chi connectivity index (χ2v) is 7.95. The van der Waals surface area contributed by atoms with E-state index in [-0.39, 0.29) is 6.04 Å². The van der Waals surface area contributed by atoms with Crippen LogP contribution in [0.25, 0.3) is 21.3 Å². The van der Waals surface area contributed by atoms with Crippen LogP contribution in [-0.2, 0) is 0 Å². The van der Waals surface area contributed by atoms with Gasteiger partial charge in [0.15, 0.2) is 0 Å². The summed E-state index contributed by atoms with van der Waals surface area (Å²) in [5, 5.41) is 5.28. The maximum Gasteiger partial charge on any atom is 0.130 e. The van der Waals surface area contributed by atoms with Crippen molar-refractivity contribution in [1.82, 2.24) is 9.97 Å². The number of halogens is 1.